The Morgan fingerprint density at radius 1 is 0.769 bits per heavy atom. The Kier molecular flexibility index (Phi) is 2.79. The lowest BCUT2D eigenvalue weighted by molar-refractivity contribution is 0.395. The van der Waals surface area contributed by atoms with E-state index in [0.717, 1.165) is 24.9 Å². The number of anilines is 1. The van der Waals surface area contributed by atoms with Gasteiger partial charge in [0.05, 0.1) is 22.6 Å². The van der Waals surface area contributed by atoms with Crippen LogP contribution >= 0.6 is 0 Å². The van der Waals surface area contributed by atoms with E-state index >= 15 is 0 Å². The first-order valence-corrected chi connectivity index (χ1v) is 9.43. The van der Waals surface area contributed by atoms with Crippen molar-refractivity contribution in [1.82, 2.24) is 0 Å². The summed E-state index contributed by atoms with van der Waals surface area (Å²) >= 11 is 0. The highest BCUT2D eigenvalue weighted by Crippen LogP contribution is 2.48. The fraction of sp³-hybridized carbons (Fsp3) is 0.208. The van der Waals surface area contributed by atoms with Gasteiger partial charge < -0.3 is 5.32 Å². The predicted molar refractivity (Wildman–Crippen MR) is 106 cm³/mol. The molecule has 0 saturated carbocycles. The van der Waals surface area contributed by atoms with Gasteiger partial charge in [-0.15, -0.1) is 0 Å². The van der Waals surface area contributed by atoms with E-state index in [9.17, 15) is 0 Å². The molecule has 126 valence electrons. The Bertz CT molecular complexity index is 1040. The molecule has 1 N–H and O–H groups in total. The predicted octanol–water partition coefficient (Wildman–Crippen LogP) is 4.94. The smallest absolute Gasteiger partial charge is 0.0864 e. The van der Waals surface area contributed by atoms with E-state index in [4.69, 9.17) is 4.99 Å². The third-order valence-electron chi connectivity index (χ3n) is 6.37. The van der Waals surface area contributed by atoms with E-state index in [-0.39, 0.29) is 5.54 Å². The van der Waals surface area contributed by atoms with Gasteiger partial charge in [0.2, 0.25) is 0 Å². The number of hydrogen-bond donors (Lipinski definition) is 1. The summed E-state index contributed by atoms with van der Waals surface area (Å²) in [6.07, 6.45) is 3.20. The highest BCUT2D eigenvalue weighted by atomic mass is 15.0. The normalized spacial score (nSPS) is 21.1. The Morgan fingerprint density at radius 2 is 1.42 bits per heavy atom. The molecule has 2 heteroatoms. The molecule has 0 saturated heterocycles. The topological polar surface area (TPSA) is 24.4 Å². The van der Waals surface area contributed by atoms with Gasteiger partial charge in [-0.3, -0.25) is 4.99 Å². The van der Waals surface area contributed by atoms with Gasteiger partial charge in [0.25, 0.3) is 0 Å². The van der Waals surface area contributed by atoms with E-state index in [1.807, 2.05) is 0 Å². The zero-order chi connectivity index (χ0) is 17.1. The molecule has 3 aromatic carbocycles. The van der Waals surface area contributed by atoms with Crippen LogP contribution in [0.15, 0.2) is 77.8 Å². The van der Waals surface area contributed by atoms with Crippen LogP contribution in [0.2, 0.25) is 0 Å². The van der Waals surface area contributed by atoms with Crippen LogP contribution in [0.25, 0.3) is 0 Å². The van der Waals surface area contributed by atoms with Crippen molar-refractivity contribution < 1.29 is 0 Å². The summed E-state index contributed by atoms with van der Waals surface area (Å²) in [5.41, 5.74) is 9.25. The quantitative estimate of drug-likeness (QED) is 0.617. The molecule has 0 radical (unpaired) electrons. The van der Waals surface area contributed by atoms with Crippen LogP contribution in [0.5, 0.6) is 0 Å². The highest BCUT2D eigenvalue weighted by molar-refractivity contribution is 6.09. The fourth-order valence-corrected chi connectivity index (χ4v) is 5.19. The molecule has 2 nitrogen and oxygen atoms in total. The molecule has 3 aromatic rings. The number of fused-ring (bicyclic) bond motifs is 6. The van der Waals surface area contributed by atoms with Crippen molar-refractivity contribution >= 4 is 17.1 Å². The number of hydrogen-bond acceptors (Lipinski definition) is 2. The number of nitrogens with one attached hydrogen (secondary N) is 1. The number of benzene rings is 3. The summed E-state index contributed by atoms with van der Waals surface area (Å²) in [5.74, 6) is 0.402. The van der Waals surface area contributed by atoms with E-state index < -0.39 is 0 Å². The zero-order valence-corrected chi connectivity index (χ0v) is 14.6. The van der Waals surface area contributed by atoms with Gasteiger partial charge in [-0.2, -0.15) is 0 Å². The number of rotatable bonds is 0. The molecular formula is C24H20N2. The SMILES string of the molecule is c1ccc2c(c1)CC1(C2)Nc2ccccc2N=C2c3ccccc3CC21. The molecule has 1 aliphatic heterocycles. The fourth-order valence-electron chi connectivity index (χ4n) is 5.19. The lowest BCUT2D eigenvalue weighted by Crippen LogP contribution is -2.48. The molecule has 1 unspecified atom stereocenters. The van der Waals surface area contributed by atoms with Crippen LogP contribution in [0.4, 0.5) is 11.4 Å². The first-order valence-electron chi connectivity index (χ1n) is 9.43. The maximum atomic E-state index is 5.18. The summed E-state index contributed by atoms with van der Waals surface area (Å²) < 4.78 is 0. The summed E-state index contributed by atoms with van der Waals surface area (Å²) in [6.45, 7) is 0. The monoisotopic (exact) mass is 336 g/mol. The average Bonchev–Trinajstić information content (AvgIpc) is 3.19. The Labute approximate surface area is 153 Å². The van der Waals surface area contributed by atoms with Crippen LogP contribution in [-0.4, -0.2) is 11.3 Å². The minimum absolute atomic E-state index is 0.00808. The van der Waals surface area contributed by atoms with Gasteiger partial charge in [-0.25, -0.2) is 0 Å². The minimum Gasteiger partial charge on any atom is -0.376 e. The summed E-state index contributed by atoms with van der Waals surface area (Å²) in [7, 11) is 0. The van der Waals surface area contributed by atoms with Gasteiger partial charge in [0.1, 0.15) is 0 Å². The van der Waals surface area contributed by atoms with E-state index in [0.29, 0.717) is 5.92 Å². The number of para-hydroxylation sites is 2. The Morgan fingerprint density at radius 3 is 2.23 bits per heavy atom. The summed E-state index contributed by atoms with van der Waals surface area (Å²) in [4.78, 5) is 5.18. The molecule has 0 fully saturated rings. The molecule has 1 spiro atoms. The van der Waals surface area contributed by atoms with Crippen LogP contribution < -0.4 is 5.32 Å². The highest BCUT2D eigenvalue weighted by Gasteiger charge is 2.50. The van der Waals surface area contributed by atoms with E-state index in [2.05, 4.69) is 78.1 Å². The molecule has 0 amide bonds. The second-order valence-corrected chi connectivity index (χ2v) is 7.83. The van der Waals surface area contributed by atoms with Crippen molar-refractivity contribution in [1.29, 1.82) is 0 Å². The maximum absolute atomic E-state index is 5.18. The van der Waals surface area contributed by atoms with Crippen molar-refractivity contribution in [3.63, 3.8) is 0 Å². The zero-order valence-electron chi connectivity index (χ0n) is 14.6. The van der Waals surface area contributed by atoms with E-state index in [1.54, 1.807) is 0 Å². The van der Waals surface area contributed by atoms with Gasteiger partial charge in [-0.05, 0) is 53.6 Å². The lowest BCUT2D eigenvalue weighted by Gasteiger charge is -2.36. The second kappa shape index (κ2) is 5.07. The molecule has 1 heterocycles. The van der Waals surface area contributed by atoms with Gasteiger partial charge in [0.15, 0.2) is 0 Å². The van der Waals surface area contributed by atoms with Crippen molar-refractivity contribution in [3.05, 3.63) is 95.1 Å². The van der Waals surface area contributed by atoms with Crippen LogP contribution in [0.1, 0.15) is 22.3 Å². The molecule has 6 rings (SSSR count). The van der Waals surface area contributed by atoms with Crippen LogP contribution in [0, 0.1) is 5.92 Å². The van der Waals surface area contributed by atoms with Crippen molar-refractivity contribution in [2.24, 2.45) is 10.9 Å². The molecule has 0 aromatic heterocycles. The van der Waals surface area contributed by atoms with Gasteiger partial charge in [-0.1, -0.05) is 60.7 Å². The molecule has 0 bridgehead atoms. The number of aliphatic imine (C=N–C) groups is 1. The van der Waals surface area contributed by atoms with Gasteiger partial charge in [0, 0.05) is 5.92 Å². The van der Waals surface area contributed by atoms with E-state index in [1.165, 1.54) is 33.7 Å². The molecule has 3 aliphatic rings. The summed E-state index contributed by atoms with van der Waals surface area (Å²) in [6, 6.07) is 26.2. The molecule has 1 atom stereocenters. The number of nitrogens with zero attached hydrogens (tertiary/aromatic N) is 1. The van der Waals surface area contributed by atoms with Crippen LogP contribution in [0.3, 0.4) is 0 Å². The molecule has 2 aliphatic carbocycles. The van der Waals surface area contributed by atoms with Crippen LogP contribution in [-0.2, 0) is 19.3 Å². The lowest BCUT2D eigenvalue weighted by atomic mass is 9.78. The second-order valence-electron chi connectivity index (χ2n) is 7.83. The minimum atomic E-state index is 0.00808. The Balaban J connectivity index is 1.58. The first kappa shape index (κ1) is 14.3. The average molecular weight is 336 g/mol. The first-order chi connectivity index (χ1) is 12.8. The molecular weight excluding hydrogens is 316 g/mol. The van der Waals surface area contributed by atoms with Gasteiger partial charge >= 0.3 is 0 Å². The largest absolute Gasteiger partial charge is 0.376 e. The molecule has 26 heavy (non-hydrogen) atoms. The maximum Gasteiger partial charge on any atom is 0.0864 e. The van der Waals surface area contributed by atoms with Crippen molar-refractivity contribution in [3.8, 4) is 0 Å². The summed E-state index contributed by atoms with van der Waals surface area (Å²) in [5, 5.41) is 3.97. The third kappa shape index (κ3) is 1.90. The van der Waals surface area contributed by atoms with Crippen molar-refractivity contribution in [2.75, 3.05) is 5.32 Å². The Hall–Kier alpha value is -2.87. The third-order valence-corrected chi connectivity index (χ3v) is 6.37. The van der Waals surface area contributed by atoms with Crippen molar-refractivity contribution in [2.45, 2.75) is 24.8 Å². The standard InChI is InChI=1S/C24H20N2/c1-2-9-18-15-24(14-17(18)8-1)20-13-16-7-3-4-10-19(16)23(20)25-21-11-5-6-12-22(21)26-24/h1-12,20,26H,13-15H2.